The molecule has 2 amide bonds. The molecule has 0 unspecified atom stereocenters. The molecule has 1 heterocycles. The lowest BCUT2D eigenvalue weighted by atomic mass is 10.2. The first-order valence-corrected chi connectivity index (χ1v) is 5.01. The van der Waals surface area contributed by atoms with Gasteiger partial charge in [0.05, 0.1) is 0 Å². The summed E-state index contributed by atoms with van der Waals surface area (Å²) in [5, 5.41) is 0. The van der Waals surface area contributed by atoms with Gasteiger partial charge in [-0.2, -0.15) is 12.6 Å². The van der Waals surface area contributed by atoms with Gasteiger partial charge in [-0.3, -0.25) is 9.59 Å². The molecule has 1 saturated heterocycles. The van der Waals surface area contributed by atoms with Crippen molar-refractivity contribution in [2.24, 2.45) is 0 Å². The zero-order chi connectivity index (χ0) is 10.7. The second kappa shape index (κ2) is 4.50. The number of amides is 2. The molecule has 0 radical (unpaired) electrons. The van der Waals surface area contributed by atoms with Crippen LogP contribution in [0.5, 0.6) is 0 Å². The van der Waals surface area contributed by atoms with Crippen LogP contribution >= 0.6 is 12.6 Å². The van der Waals surface area contributed by atoms with E-state index < -0.39 is 11.8 Å². The maximum atomic E-state index is 11.5. The number of likely N-dealkylation sites (N-methyl/N-ethyl adjacent to an activating group) is 1. The van der Waals surface area contributed by atoms with E-state index in [-0.39, 0.29) is 0 Å². The SMILES string of the molecule is C=C(CS)CN1CCN(C)C(=O)C1=O. The Bertz CT molecular complexity index is 278. The van der Waals surface area contributed by atoms with Crippen molar-refractivity contribution in [2.45, 2.75) is 0 Å². The number of carbonyl (C=O) groups excluding carboxylic acids is 2. The fourth-order valence-electron chi connectivity index (χ4n) is 1.24. The van der Waals surface area contributed by atoms with Crippen LogP contribution in [0.15, 0.2) is 12.2 Å². The van der Waals surface area contributed by atoms with Gasteiger partial charge in [-0.15, -0.1) is 0 Å². The molecule has 0 atom stereocenters. The number of piperazine rings is 1. The second-order valence-corrected chi connectivity index (χ2v) is 3.68. The molecule has 78 valence electrons. The van der Waals surface area contributed by atoms with Gasteiger partial charge in [0.2, 0.25) is 0 Å². The van der Waals surface area contributed by atoms with Crippen molar-refractivity contribution in [2.75, 3.05) is 32.4 Å². The summed E-state index contributed by atoms with van der Waals surface area (Å²) < 4.78 is 0. The van der Waals surface area contributed by atoms with Crippen molar-refractivity contribution in [1.29, 1.82) is 0 Å². The van der Waals surface area contributed by atoms with Crippen molar-refractivity contribution in [3.63, 3.8) is 0 Å². The van der Waals surface area contributed by atoms with E-state index in [0.29, 0.717) is 25.4 Å². The summed E-state index contributed by atoms with van der Waals surface area (Å²) in [5.74, 6) is -0.349. The minimum absolute atomic E-state index is 0.432. The van der Waals surface area contributed by atoms with Gasteiger partial charge in [-0.05, 0) is 5.57 Å². The maximum Gasteiger partial charge on any atom is 0.312 e. The van der Waals surface area contributed by atoms with Crippen LogP contribution in [-0.4, -0.2) is 54.0 Å². The van der Waals surface area contributed by atoms with E-state index in [1.54, 1.807) is 7.05 Å². The predicted molar refractivity (Wildman–Crippen MR) is 57.2 cm³/mol. The first-order valence-electron chi connectivity index (χ1n) is 4.38. The molecule has 0 spiro atoms. The highest BCUT2D eigenvalue weighted by Crippen LogP contribution is 2.06. The normalized spacial score (nSPS) is 17.6. The molecule has 5 heteroatoms. The van der Waals surface area contributed by atoms with Gasteiger partial charge < -0.3 is 9.80 Å². The van der Waals surface area contributed by atoms with Gasteiger partial charge in [0.1, 0.15) is 0 Å². The molecule has 0 aromatic heterocycles. The van der Waals surface area contributed by atoms with E-state index in [2.05, 4.69) is 19.2 Å². The van der Waals surface area contributed by atoms with Crippen LogP contribution < -0.4 is 0 Å². The van der Waals surface area contributed by atoms with E-state index >= 15 is 0 Å². The molecular formula is C9H14N2O2S. The van der Waals surface area contributed by atoms with Crippen molar-refractivity contribution < 1.29 is 9.59 Å². The molecule has 0 N–H and O–H groups in total. The highest BCUT2D eigenvalue weighted by molar-refractivity contribution is 7.80. The molecule has 0 aromatic rings. The Hall–Kier alpha value is -0.970. The maximum absolute atomic E-state index is 11.5. The first kappa shape index (κ1) is 11.1. The van der Waals surface area contributed by atoms with Crippen molar-refractivity contribution in [3.05, 3.63) is 12.2 Å². The number of hydrogen-bond acceptors (Lipinski definition) is 3. The highest BCUT2D eigenvalue weighted by Gasteiger charge is 2.29. The zero-order valence-corrected chi connectivity index (χ0v) is 9.09. The molecule has 14 heavy (non-hydrogen) atoms. The van der Waals surface area contributed by atoms with E-state index in [1.807, 2.05) is 0 Å². The summed E-state index contributed by atoms with van der Waals surface area (Å²) in [7, 11) is 1.63. The quantitative estimate of drug-likeness (QED) is 0.400. The van der Waals surface area contributed by atoms with Gasteiger partial charge in [-0.25, -0.2) is 0 Å². The molecule has 1 aliphatic heterocycles. The van der Waals surface area contributed by atoms with Crippen molar-refractivity contribution in [3.8, 4) is 0 Å². The Morgan fingerprint density at radius 2 is 2.07 bits per heavy atom. The lowest BCUT2D eigenvalue weighted by Gasteiger charge is -2.31. The Kier molecular flexibility index (Phi) is 3.57. The smallest absolute Gasteiger partial charge is 0.312 e. The number of hydrogen-bond donors (Lipinski definition) is 1. The van der Waals surface area contributed by atoms with Gasteiger partial charge in [0.15, 0.2) is 0 Å². The number of carbonyl (C=O) groups is 2. The Morgan fingerprint density at radius 1 is 1.43 bits per heavy atom. The summed E-state index contributed by atoms with van der Waals surface area (Å²) in [6, 6.07) is 0. The van der Waals surface area contributed by atoms with E-state index in [0.717, 1.165) is 5.57 Å². The average Bonchev–Trinajstić information content (AvgIpc) is 2.19. The lowest BCUT2D eigenvalue weighted by Crippen LogP contribution is -2.53. The minimum Gasteiger partial charge on any atom is -0.336 e. The summed E-state index contributed by atoms with van der Waals surface area (Å²) in [5.41, 5.74) is 0.846. The molecule has 1 fully saturated rings. The summed E-state index contributed by atoms with van der Waals surface area (Å²) in [6.45, 7) is 5.35. The van der Waals surface area contributed by atoms with Gasteiger partial charge >= 0.3 is 11.8 Å². The van der Waals surface area contributed by atoms with E-state index in [9.17, 15) is 9.59 Å². The molecule has 4 nitrogen and oxygen atoms in total. The van der Waals surface area contributed by atoms with E-state index in [4.69, 9.17) is 0 Å². The third-order valence-corrected chi connectivity index (χ3v) is 2.61. The standard InChI is InChI=1S/C9H14N2O2S/c1-7(6-14)5-11-4-3-10(2)8(12)9(11)13/h14H,1,3-6H2,2H3. The largest absolute Gasteiger partial charge is 0.336 e. The molecule has 1 aliphatic rings. The lowest BCUT2D eigenvalue weighted by molar-refractivity contribution is -0.154. The number of rotatable bonds is 3. The number of thiol groups is 1. The third kappa shape index (κ3) is 2.29. The average molecular weight is 214 g/mol. The highest BCUT2D eigenvalue weighted by atomic mass is 32.1. The monoisotopic (exact) mass is 214 g/mol. The molecular weight excluding hydrogens is 200 g/mol. The van der Waals surface area contributed by atoms with Crippen LogP contribution in [0.3, 0.4) is 0 Å². The van der Waals surface area contributed by atoms with Crippen LogP contribution in [-0.2, 0) is 9.59 Å². The molecule has 0 aliphatic carbocycles. The van der Waals surface area contributed by atoms with Crippen LogP contribution in [0.2, 0.25) is 0 Å². The zero-order valence-electron chi connectivity index (χ0n) is 8.19. The topological polar surface area (TPSA) is 40.6 Å². The van der Waals surface area contributed by atoms with Crippen molar-refractivity contribution in [1.82, 2.24) is 9.80 Å². The molecule has 0 aromatic carbocycles. The Morgan fingerprint density at radius 3 is 2.64 bits per heavy atom. The summed E-state index contributed by atoms with van der Waals surface area (Å²) >= 11 is 4.05. The second-order valence-electron chi connectivity index (χ2n) is 3.36. The summed E-state index contributed by atoms with van der Waals surface area (Å²) in [6.07, 6.45) is 0. The third-order valence-electron chi connectivity index (χ3n) is 2.16. The van der Waals surface area contributed by atoms with E-state index in [1.165, 1.54) is 9.80 Å². The molecule has 0 bridgehead atoms. The number of nitrogens with zero attached hydrogens (tertiary/aromatic N) is 2. The fourth-order valence-corrected chi connectivity index (χ4v) is 1.34. The fraction of sp³-hybridized carbons (Fsp3) is 0.556. The van der Waals surface area contributed by atoms with Gasteiger partial charge in [-0.1, -0.05) is 6.58 Å². The molecule has 0 saturated carbocycles. The van der Waals surface area contributed by atoms with Crippen molar-refractivity contribution >= 4 is 24.4 Å². The minimum atomic E-state index is -0.443. The molecule has 1 rings (SSSR count). The van der Waals surface area contributed by atoms with Crippen LogP contribution in [0.25, 0.3) is 0 Å². The van der Waals surface area contributed by atoms with Crippen LogP contribution in [0.1, 0.15) is 0 Å². The Labute approximate surface area is 89.0 Å². The van der Waals surface area contributed by atoms with Gasteiger partial charge in [0.25, 0.3) is 0 Å². The van der Waals surface area contributed by atoms with Crippen LogP contribution in [0, 0.1) is 0 Å². The van der Waals surface area contributed by atoms with Gasteiger partial charge in [0, 0.05) is 32.4 Å². The predicted octanol–water partition coefficient (Wildman–Crippen LogP) is -0.227. The summed E-state index contributed by atoms with van der Waals surface area (Å²) in [4.78, 5) is 25.7. The first-order chi connectivity index (χ1) is 6.56. The Balaban J connectivity index is 2.60. The van der Waals surface area contributed by atoms with Crippen LogP contribution in [0.4, 0.5) is 0 Å².